The van der Waals surface area contributed by atoms with Crippen molar-refractivity contribution in [2.75, 3.05) is 0 Å². The van der Waals surface area contributed by atoms with Crippen LogP contribution in [-0.4, -0.2) is 16.2 Å². The molecule has 0 N–H and O–H groups in total. The highest BCUT2D eigenvalue weighted by molar-refractivity contribution is 9.10. The third kappa shape index (κ3) is 3.68. The SMILES string of the molecule is [2H]c1c([2H])c(Br)c(Cl)c(-c2noc(-c3c([2H])c([2H])c(OC([2H])(C([2H])([2H])[2H])C([2H])([2H])[2H])c(C#N)c3[2H])n2)c1[2H]. The Morgan fingerprint density at radius 2 is 2.28 bits per heavy atom. The average Bonchev–Trinajstić information content (AvgIpc) is 3.27. The molecule has 1 heterocycles. The van der Waals surface area contributed by atoms with Crippen molar-refractivity contribution in [1.82, 2.24) is 10.1 Å². The molecule has 0 fully saturated rings. The third-order valence-corrected chi connectivity index (χ3v) is 3.93. The summed E-state index contributed by atoms with van der Waals surface area (Å²) in [7, 11) is 0. The Kier molecular flexibility index (Phi) is 2.17. The number of ether oxygens (including phenoxy) is 1. The van der Waals surface area contributed by atoms with Gasteiger partial charge >= 0.3 is 0 Å². The Labute approximate surface area is 176 Å². The molecule has 0 aliphatic carbocycles. The molecule has 5 nitrogen and oxygen atoms in total. The molecular weight excluding hydrogens is 406 g/mol. The van der Waals surface area contributed by atoms with Crippen molar-refractivity contribution in [3.8, 4) is 34.7 Å². The quantitative estimate of drug-likeness (QED) is 0.547. The summed E-state index contributed by atoms with van der Waals surface area (Å²) in [6.45, 7) is -7.18. The molecule has 0 aliphatic heterocycles. The van der Waals surface area contributed by atoms with Gasteiger partial charge in [0.05, 0.1) is 26.3 Å². The molecule has 0 amide bonds. The Balaban J connectivity index is 2.25. The second-order valence-electron chi connectivity index (χ2n) is 4.30. The fourth-order valence-corrected chi connectivity index (χ4v) is 2.18. The highest BCUT2D eigenvalue weighted by atomic mass is 79.9. The van der Waals surface area contributed by atoms with Crippen LogP contribution in [0.25, 0.3) is 22.8 Å². The molecule has 0 radical (unpaired) electrons. The fraction of sp³-hybridized carbons (Fsp3) is 0.167. The minimum absolute atomic E-state index is 0.0343. The van der Waals surface area contributed by atoms with Gasteiger partial charge in [-0.2, -0.15) is 10.2 Å². The van der Waals surface area contributed by atoms with Gasteiger partial charge in [-0.1, -0.05) is 22.8 Å². The molecule has 0 saturated heterocycles. The number of nitriles is 1. The predicted molar refractivity (Wildman–Crippen MR) is 98.4 cm³/mol. The minimum Gasteiger partial charge on any atom is -0.490 e. The molecule has 0 saturated carbocycles. The smallest absolute Gasteiger partial charge is 0.258 e. The molecule has 0 unspecified atom stereocenters. The number of nitrogens with zero attached hydrogens (tertiary/aromatic N) is 3. The van der Waals surface area contributed by atoms with Crippen LogP contribution in [0.5, 0.6) is 5.75 Å². The Bertz CT molecular complexity index is 1450. The second kappa shape index (κ2) is 7.26. The van der Waals surface area contributed by atoms with E-state index >= 15 is 0 Å². The molecule has 0 spiro atoms. The number of aromatic nitrogens is 2. The summed E-state index contributed by atoms with van der Waals surface area (Å²) in [6, 6.07) is -2.75. The van der Waals surface area contributed by atoms with Crippen molar-refractivity contribution in [2.45, 2.75) is 19.8 Å². The van der Waals surface area contributed by atoms with E-state index in [0.29, 0.717) is 0 Å². The first-order chi connectivity index (χ1) is 17.3. The first-order valence-corrected chi connectivity index (χ1v) is 7.49. The molecule has 0 atom stereocenters. The predicted octanol–water partition coefficient (Wildman–Crippen LogP) is 5.48. The van der Waals surface area contributed by atoms with Crippen molar-refractivity contribution < 1.29 is 27.1 Å². The van der Waals surface area contributed by atoms with E-state index in [2.05, 4.69) is 26.1 Å². The van der Waals surface area contributed by atoms with E-state index < -0.39 is 72.8 Å². The zero-order chi connectivity index (χ0) is 29.1. The highest BCUT2D eigenvalue weighted by Gasteiger charge is 2.16. The number of halogens is 2. The first-order valence-electron chi connectivity index (χ1n) is 12.8. The van der Waals surface area contributed by atoms with Crippen molar-refractivity contribution >= 4 is 27.5 Å². The summed E-state index contributed by atoms with van der Waals surface area (Å²) in [5.41, 5.74) is -1.70. The zero-order valence-corrected chi connectivity index (χ0v) is 14.3. The fourth-order valence-electron chi connectivity index (χ4n) is 1.71. The van der Waals surface area contributed by atoms with Crippen LogP contribution >= 0.6 is 27.5 Å². The maximum atomic E-state index is 9.64. The lowest BCUT2D eigenvalue weighted by Gasteiger charge is -2.11. The lowest BCUT2D eigenvalue weighted by Crippen LogP contribution is -2.06. The largest absolute Gasteiger partial charge is 0.490 e. The molecule has 0 aliphatic rings. The van der Waals surface area contributed by atoms with E-state index in [0.717, 1.165) is 0 Å². The summed E-state index contributed by atoms with van der Waals surface area (Å²) in [4.78, 5) is 3.97. The van der Waals surface area contributed by atoms with Gasteiger partial charge in [-0.15, -0.1) is 0 Å². The van der Waals surface area contributed by atoms with Gasteiger partial charge < -0.3 is 9.26 Å². The van der Waals surface area contributed by atoms with E-state index in [1.807, 2.05) is 0 Å². The molecule has 3 aromatic rings. The van der Waals surface area contributed by atoms with E-state index in [1.165, 1.54) is 6.07 Å². The molecule has 2 aromatic carbocycles. The van der Waals surface area contributed by atoms with Gasteiger partial charge in [0.1, 0.15) is 11.8 Å². The van der Waals surface area contributed by atoms with Crippen molar-refractivity contribution in [1.29, 1.82) is 5.26 Å². The average molecular weight is 432 g/mol. The molecule has 126 valence electrons. The first kappa shape index (κ1) is 7.48. The van der Waals surface area contributed by atoms with E-state index in [-0.39, 0.29) is 26.9 Å². The summed E-state index contributed by atoms with van der Waals surface area (Å²) in [5.74, 6) is -2.08. The summed E-state index contributed by atoms with van der Waals surface area (Å²) in [6.07, 6.45) is -3.65. The standard InChI is InChI=1S/C18H13BrClN3O2/c1-10(2)24-15-7-6-11(8-12(15)9-21)18-22-17(23-25-18)13-4-3-5-14(19)16(13)20/h3-8,10H,1-2H3/i1D3,2D3,3D,4D,5D,6D,7D,8D,10D. The number of hydrogen-bond acceptors (Lipinski definition) is 5. The zero-order valence-electron chi connectivity index (χ0n) is 24.9. The maximum absolute atomic E-state index is 9.64. The monoisotopic (exact) mass is 430 g/mol. The maximum Gasteiger partial charge on any atom is 0.258 e. The van der Waals surface area contributed by atoms with E-state index in [4.69, 9.17) is 38.7 Å². The van der Waals surface area contributed by atoms with Gasteiger partial charge in [-0.3, -0.25) is 0 Å². The van der Waals surface area contributed by atoms with Crippen molar-refractivity contribution in [2.24, 2.45) is 0 Å². The number of hydrogen-bond donors (Lipinski definition) is 0. The van der Waals surface area contributed by atoms with Crippen molar-refractivity contribution in [3.63, 3.8) is 0 Å². The summed E-state index contributed by atoms with van der Waals surface area (Å²) >= 11 is 9.23. The number of rotatable bonds is 4. The van der Waals surface area contributed by atoms with Gasteiger partial charge in [0.2, 0.25) is 5.82 Å². The van der Waals surface area contributed by atoms with Crippen LogP contribution in [0.1, 0.15) is 37.1 Å². The number of benzene rings is 2. The van der Waals surface area contributed by atoms with Crippen LogP contribution in [0.15, 0.2) is 45.3 Å². The molecule has 25 heavy (non-hydrogen) atoms. The van der Waals surface area contributed by atoms with Gasteiger partial charge in [-0.25, -0.2) is 0 Å². The minimum atomic E-state index is -3.65. The molecule has 7 heteroatoms. The molecule has 3 rings (SSSR count). The Morgan fingerprint density at radius 1 is 1.44 bits per heavy atom. The van der Waals surface area contributed by atoms with E-state index in [9.17, 15) is 5.26 Å². The molecule has 1 aromatic heterocycles. The van der Waals surface area contributed by atoms with Gasteiger partial charge in [0.25, 0.3) is 5.89 Å². The summed E-state index contributed by atoms with van der Waals surface area (Å²) < 4.78 is 112. The van der Waals surface area contributed by atoms with Crippen LogP contribution in [-0.2, 0) is 0 Å². The van der Waals surface area contributed by atoms with Gasteiger partial charge in [0.15, 0.2) is 0 Å². The second-order valence-corrected chi connectivity index (χ2v) is 5.47. The van der Waals surface area contributed by atoms with Crippen LogP contribution in [0, 0.1) is 11.3 Å². The summed E-state index contributed by atoms with van der Waals surface area (Å²) in [5, 5.41) is 13.1. The highest BCUT2D eigenvalue weighted by Crippen LogP contribution is 2.33. The van der Waals surface area contributed by atoms with Crippen LogP contribution in [0.2, 0.25) is 5.02 Å². The van der Waals surface area contributed by atoms with E-state index in [1.54, 1.807) is 0 Å². The molecular formula is C18H13BrClN3O2. The van der Waals surface area contributed by atoms with Crippen molar-refractivity contribution in [3.05, 3.63) is 51.3 Å². The Morgan fingerprint density at radius 3 is 3.04 bits per heavy atom. The lowest BCUT2D eigenvalue weighted by molar-refractivity contribution is 0.242. The normalized spacial score (nSPS) is 19.6. The Hall–Kier alpha value is -2.36. The van der Waals surface area contributed by atoms with Crippen LogP contribution < -0.4 is 4.74 Å². The van der Waals surface area contributed by atoms with Gasteiger partial charge in [0, 0.05) is 23.8 Å². The van der Waals surface area contributed by atoms with Gasteiger partial charge in [-0.05, 0) is 59.8 Å². The molecule has 0 bridgehead atoms. The topological polar surface area (TPSA) is 71.9 Å². The third-order valence-electron chi connectivity index (χ3n) is 2.73. The van der Waals surface area contributed by atoms with Crippen LogP contribution in [0.3, 0.4) is 0 Å². The van der Waals surface area contributed by atoms with Crippen LogP contribution in [0.4, 0.5) is 0 Å². The lowest BCUT2D eigenvalue weighted by atomic mass is 10.1.